The summed E-state index contributed by atoms with van der Waals surface area (Å²) in [7, 11) is -3.75. The van der Waals surface area contributed by atoms with Crippen LogP contribution >= 0.6 is 11.3 Å². The Morgan fingerprint density at radius 1 is 1.06 bits per heavy atom. The maximum Gasteiger partial charge on any atom is 0.263 e. The summed E-state index contributed by atoms with van der Waals surface area (Å²) in [6.45, 7) is 0. The van der Waals surface area contributed by atoms with E-state index in [-0.39, 0.29) is 16.6 Å². The maximum atomic E-state index is 12.5. The number of hydrogen-bond donors (Lipinski definition) is 3. The molecule has 0 aliphatic rings. The summed E-state index contributed by atoms with van der Waals surface area (Å²) in [6.07, 6.45) is 3.10. The van der Waals surface area contributed by atoms with E-state index in [4.69, 9.17) is 0 Å². The molecule has 7 nitrogen and oxygen atoms in total. The number of fused-ring (bicyclic) bond motifs is 3. The number of aromatic hydroxyl groups is 1. The molecule has 31 heavy (non-hydrogen) atoms. The third-order valence-electron chi connectivity index (χ3n) is 4.79. The smallest absolute Gasteiger partial charge is 0.263 e. The molecule has 0 saturated heterocycles. The predicted molar refractivity (Wildman–Crippen MR) is 124 cm³/mol. The van der Waals surface area contributed by atoms with Crippen LogP contribution in [0.5, 0.6) is 5.88 Å². The standard InChI is InChI=1S/C22H16N4O3S2/c27-22-17(20-18(25-22)9-4-14-10-12-30-21(14)20)13-24-15-5-7-16(8-6-15)31(28,29)26-19-3-1-2-11-23-19/h1-13,25,27H,(H,23,26). The molecule has 3 heterocycles. The average Bonchev–Trinajstić information content (AvgIpc) is 3.36. The molecule has 0 saturated carbocycles. The first kappa shape index (κ1) is 19.3. The highest BCUT2D eigenvalue weighted by Gasteiger charge is 2.15. The molecule has 3 N–H and O–H groups in total. The summed E-state index contributed by atoms with van der Waals surface area (Å²) in [4.78, 5) is 11.5. The van der Waals surface area contributed by atoms with Gasteiger partial charge in [-0.05, 0) is 59.3 Å². The predicted octanol–water partition coefficient (Wildman–Crippen LogP) is 5.03. The van der Waals surface area contributed by atoms with E-state index in [0.29, 0.717) is 11.3 Å². The molecular weight excluding hydrogens is 432 g/mol. The third-order valence-corrected chi connectivity index (χ3v) is 7.11. The number of hydrogen-bond acceptors (Lipinski definition) is 6. The van der Waals surface area contributed by atoms with Crippen molar-refractivity contribution in [1.29, 1.82) is 0 Å². The molecule has 0 fully saturated rings. The second-order valence-electron chi connectivity index (χ2n) is 6.79. The third kappa shape index (κ3) is 3.65. The van der Waals surface area contributed by atoms with Gasteiger partial charge >= 0.3 is 0 Å². The van der Waals surface area contributed by atoms with Crippen LogP contribution in [-0.4, -0.2) is 29.7 Å². The fourth-order valence-electron chi connectivity index (χ4n) is 3.31. The minimum absolute atomic E-state index is 0.0402. The number of rotatable bonds is 5. The first-order valence-corrected chi connectivity index (χ1v) is 11.7. The number of aromatic nitrogens is 2. The first-order valence-electron chi connectivity index (χ1n) is 9.30. The van der Waals surface area contributed by atoms with E-state index in [1.165, 1.54) is 18.3 Å². The van der Waals surface area contributed by atoms with Crippen LogP contribution in [0.15, 0.2) is 82.1 Å². The van der Waals surface area contributed by atoms with Gasteiger partial charge in [0.15, 0.2) is 5.88 Å². The fourth-order valence-corrected chi connectivity index (χ4v) is 5.28. The number of anilines is 1. The highest BCUT2D eigenvalue weighted by atomic mass is 32.2. The summed E-state index contributed by atoms with van der Waals surface area (Å²) in [5.41, 5.74) is 1.98. The molecule has 0 unspecified atom stereocenters. The lowest BCUT2D eigenvalue weighted by Gasteiger charge is -2.07. The molecule has 5 aromatic rings. The lowest BCUT2D eigenvalue weighted by molar-refractivity contribution is 0.457. The molecule has 2 aromatic carbocycles. The van der Waals surface area contributed by atoms with E-state index in [9.17, 15) is 13.5 Å². The zero-order valence-corrected chi connectivity index (χ0v) is 17.6. The van der Waals surface area contributed by atoms with E-state index in [1.807, 2.05) is 23.6 Å². The Hall–Kier alpha value is -3.69. The highest BCUT2D eigenvalue weighted by molar-refractivity contribution is 7.92. The number of nitrogens with one attached hydrogen (secondary N) is 2. The van der Waals surface area contributed by atoms with Gasteiger partial charge in [0.05, 0.1) is 21.7 Å². The maximum absolute atomic E-state index is 12.5. The summed E-state index contributed by atoms with van der Waals surface area (Å²) in [6, 6.07) is 17.1. The number of aromatic amines is 1. The van der Waals surface area contributed by atoms with Gasteiger partial charge in [0.1, 0.15) is 5.82 Å². The van der Waals surface area contributed by atoms with Crippen LogP contribution in [0.4, 0.5) is 11.5 Å². The number of pyridine rings is 1. The lowest BCUT2D eigenvalue weighted by Crippen LogP contribution is -2.13. The van der Waals surface area contributed by atoms with Gasteiger partial charge in [-0.1, -0.05) is 12.1 Å². The molecule has 0 amide bonds. The summed E-state index contributed by atoms with van der Waals surface area (Å²) in [5.74, 6) is 0.290. The second kappa shape index (κ2) is 7.53. The minimum Gasteiger partial charge on any atom is -0.494 e. The second-order valence-corrected chi connectivity index (χ2v) is 9.39. The zero-order chi connectivity index (χ0) is 21.4. The van der Waals surface area contributed by atoms with Crippen molar-refractivity contribution in [2.75, 3.05) is 4.72 Å². The van der Waals surface area contributed by atoms with Crippen molar-refractivity contribution >= 4 is 60.1 Å². The van der Waals surface area contributed by atoms with Gasteiger partial charge in [-0.3, -0.25) is 9.71 Å². The van der Waals surface area contributed by atoms with Gasteiger partial charge < -0.3 is 10.1 Å². The Kier molecular flexibility index (Phi) is 4.68. The van der Waals surface area contributed by atoms with Crippen LogP contribution in [0, 0.1) is 0 Å². The van der Waals surface area contributed by atoms with Crippen molar-refractivity contribution in [2.24, 2.45) is 4.99 Å². The van der Waals surface area contributed by atoms with Gasteiger partial charge in [-0.2, -0.15) is 0 Å². The summed E-state index contributed by atoms with van der Waals surface area (Å²) >= 11 is 1.60. The molecule has 0 bridgehead atoms. The van der Waals surface area contributed by atoms with Crippen molar-refractivity contribution in [3.05, 3.63) is 77.8 Å². The van der Waals surface area contributed by atoms with Crippen LogP contribution in [0.1, 0.15) is 5.56 Å². The van der Waals surface area contributed by atoms with Gasteiger partial charge in [0.25, 0.3) is 10.0 Å². The van der Waals surface area contributed by atoms with Crippen molar-refractivity contribution in [1.82, 2.24) is 9.97 Å². The van der Waals surface area contributed by atoms with Gasteiger partial charge in [-0.15, -0.1) is 11.3 Å². The van der Waals surface area contributed by atoms with Crippen molar-refractivity contribution in [3.63, 3.8) is 0 Å². The number of sulfonamides is 1. The van der Waals surface area contributed by atoms with Crippen LogP contribution in [0.25, 0.3) is 21.0 Å². The monoisotopic (exact) mass is 448 g/mol. The van der Waals surface area contributed by atoms with E-state index in [0.717, 1.165) is 21.0 Å². The number of H-pyrrole nitrogens is 1. The number of nitrogens with zero attached hydrogens (tertiary/aromatic N) is 2. The Morgan fingerprint density at radius 3 is 2.68 bits per heavy atom. The number of benzene rings is 2. The van der Waals surface area contributed by atoms with Crippen molar-refractivity contribution in [2.45, 2.75) is 4.90 Å². The fraction of sp³-hybridized carbons (Fsp3) is 0. The summed E-state index contributed by atoms with van der Waals surface area (Å²) < 4.78 is 28.5. The Balaban J connectivity index is 1.44. The zero-order valence-electron chi connectivity index (χ0n) is 16.0. The first-order chi connectivity index (χ1) is 15.0. The quantitative estimate of drug-likeness (QED) is 0.328. The molecule has 0 spiro atoms. The molecule has 0 aliphatic carbocycles. The van der Waals surface area contributed by atoms with E-state index < -0.39 is 10.0 Å². The van der Waals surface area contributed by atoms with E-state index in [2.05, 4.69) is 19.7 Å². The number of aliphatic imine (C=N–C) groups is 1. The normalized spacial score (nSPS) is 12.1. The molecule has 0 aliphatic heterocycles. The topological polar surface area (TPSA) is 107 Å². The van der Waals surface area contributed by atoms with Gasteiger partial charge in [-0.25, -0.2) is 13.4 Å². The van der Waals surface area contributed by atoms with Gasteiger partial charge in [0.2, 0.25) is 0 Å². The van der Waals surface area contributed by atoms with Gasteiger partial charge in [0, 0.05) is 22.5 Å². The van der Waals surface area contributed by atoms with Crippen molar-refractivity contribution in [3.8, 4) is 5.88 Å². The average molecular weight is 449 g/mol. The SMILES string of the molecule is O=S(=O)(Nc1ccccn1)c1ccc(N=Cc2c(O)[nH]c3ccc4ccsc4c23)cc1. The molecule has 9 heteroatoms. The van der Waals surface area contributed by atoms with Crippen LogP contribution in [-0.2, 0) is 10.0 Å². The van der Waals surface area contributed by atoms with Crippen molar-refractivity contribution < 1.29 is 13.5 Å². The van der Waals surface area contributed by atoms with E-state index in [1.54, 1.807) is 47.9 Å². The highest BCUT2D eigenvalue weighted by Crippen LogP contribution is 2.35. The minimum atomic E-state index is -3.75. The molecule has 0 radical (unpaired) electrons. The van der Waals surface area contributed by atoms with Crippen LogP contribution in [0.2, 0.25) is 0 Å². The van der Waals surface area contributed by atoms with E-state index >= 15 is 0 Å². The Labute approximate surface area is 181 Å². The van der Waals surface area contributed by atoms with Crippen LogP contribution in [0.3, 0.4) is 0 Å². The molecule has 3 aromatic heterocycles. The largest absolute Gasteiger partial charge is 0.494 e. The molecular formula is C22H16N4O3S2. The summed E-state index contributed by atoms with van der Waals surface area (Å²) in [5, 5.41) is 14.4. The Morgan fingerprint density at radius 2 is 1.90 bits per heavy atom. The van der Waals surface area contributed by atoms with Crippen LogP contribution < -0.4 is 4.72 Å². The Bertz CT molecular complexity index is 1520. The lowest BCUT2D eigenvalue weighted by atomic mass is 10.1. The molecule has 0 atom stereocenters. The molecule has 154 valence electrons. The molecule has 5 rings (SSSR count). The number of thiophene rings is 1.